The number of hydrogen-bond donors (Lipinski definition) is 1. The minimum Gasteiger partial charge on any atom is -0.495 e. The predicted octanol–water partition coefficient (Wildman–Crippen LogP) is 5.58. The topological polar surface area (TPSA) is 73.3 Å². The van der Waals surface area contributed by atoms with E-state index in [-0.39, 0.29) is 5.97 Å². The Kier molecular flexibility index (Phi) is 7.50. The highest BCUT2D eigenvalue weighted by Crippen LogP contribution is 2.33. The quantitative estimate of drug-likeness (QED) is 0.431. The van der Waals surface area contributed by atoms with Gasteiger partial charge in [-0.05, 0) is 36.6 Å². The van der Waals surface area contributed by atoms with Crippen LogP contribution in [0, 0.1) is 0 Å². The van der Waals surface area contributed by atoms with Crippen LogP contribution >= 0.6 is 22.9 Å². The molecule has 0 radical (unpaired) electrons. The Morgan fingerprint density at radius 1 is 1.23 bits per heavy atom. The van der Waals surface area contributed by atoms with Crippen molar-refractivity contribution in [2.45, 2.75) is 45.6 Å². The van der Waals surface area contributed by atoms with E-state index in [1.807, 2.05) is 25.1 Å². The largest absolute Gasteiger partial charge is 0.495 e. The summed E-state index contributed by atoms with van der Waals surface area (Å²) < 4.78 is 10.2. The van der Waals surface area contributed by atoms with Gasteiger partial charge in [-0.3, -0.25) is 4.79 Å². The van der Waals surface area contributed by atoms with Gasteiger partial charge in [-0.25, -0.2) is 9.97 Å². The Hall–Kier alpha value is -2.38. The second-order valence-electron chi connectivity index (χ2n) is 6.90. The summed E-state index contributed by atoms with van der Waals surface area (Å²) in [5, 5.41) is 4.92. The van der Waals surface area contributed by atoms with Crippen molar-refractivity contribution in [3.8, 4) is 5.75 Å². The molecule has 8 heteroatoms. The van der Waals surface area contributed by atoms with Gasteiger partial charge in [-0.1, -0.05) is 37.9 Å². The highest BCUT2D eigenvalue weighted by molar-refractivity contribution is 7.18. The lowest BCUT2D eigenvalue weighted by molar-refractivity contribution is -0.142. The summed E-state index contributed by atoms with van der Waals surface area (Å²) in [6.07, 6.45) is 2.38. The molecule has 0 fully saturated rings. The number of ether oxygens (including phenoxy) is 2. The van der Waals surface area contributed by atoms with Gasteiger partial charge in [0.2, 0.25) is 0 Å². The minimum absolute atomic E-state index is 0.309. The fraction of sp³-hybridized carbons (Fsp3) is 0.409. The first-order chi connectivity index (χ1) is 14.5. The smallest absolute Gasteiger partial charge is 0.316 e. The van der Waals surface area contributed by atoms with Crippen LogP contribution in [0.15, 0.2) is 24.3 Å². The van der Waals surface area contributed by atoms with Gasteiger partial charge in [0.1, 0.15) is 28.1 Å². The minimum atomic E-state index is -0.479. The van der Waals surface area contributed by atoms with Gasteiger partial charge in [0.15, 0.2) is 0 Å². The molecular formula is C22H26ClN3O3S. The maximum atomic E-state index is 12.3. The van der Waals surface area contributed by atoms with Gasteiger partial charge in [-0.15, -0.1) is 11.3 Å². The third kappa shape index (κ3) is 4.84. The summed E-state index contributed by atoms with van der Waals surface area (Å²) in [5.41, 5.74) is 0.998. The van der Waals surface area contributed by atoms with Gasteiger partial charge in [0.25, 0.3) is 0 Å². The molecule has 0 spiro atoms. The normalized spacial score (nSPS) is 12.0. The number of nitrogens with one attached hydrogen (secondary N) is 1. The molecule has 2 heterocycles. The van der Waals surface area contributed by atoms with E-state index in [0.29, 0.717) is 35.4 Å². The second kappa shape index (κ2) is 10.1. The lowest BCUT2D eigenvalue weighted by Crippen LogP contribution is -2.18. The number of carbonyl (C=O) groups excluding carboxylic acids is 1. The molecule has 0 saturated heterocycles. The van der Waals surface area contributed by atoms with Crippen molar-refractivity contribution in [3.05, 3.63) is 45.6 Å². The van der Waals surface area contributed by atoms with Crippen LogP contribution in [-0.4, -0.2) is 30.2 Å². The molecule has 0 aliphatic heterocycles. The molecule has 3 aromatic rings. The molecule has 1 aromatic carbocycles. The summed E-state index contributed by atoms with van der Waals surface area (Å²) in [6, 6.07) is 7.78. The number of methoxy groups -OCH3 is 2. The number of carbonyl (C=O) groups is 1. The van der Waals surface area contributed by atoms with E-state index in [1.165, 1.54) is 12.0 Å². The van der Waals surface area contributed by atoms with Crippen LogP contribution in [0.3, 0.4) is 0 Å². The van der Waals surface area contributed by atoms with E-state index in [4.69, 9.17) is 31.0 Å². The molecule has 0 aliphatic carbocycles. The average Bonchev–Trinajstić information content (AvgIpc) is 3.18. The molecule has 0 bridgehead atoms. The first-order valence-corrected chi connectivity index (χ1v) is 11.1. The van der Waals surface area contributed by atoms with Gasteiger partial charge < -0.3 is 14.8 Å². The van der Waals surface area contributed by atoms with Crippen LogP contribution in [0.25, 0.3) is 10.2 Å². The number of aryl methyl sites for hydroxylation is 1. The molecule has 30 heavy (non-hydrogen) atoms. The van der Waals surface area contributed by atoms with Crippen LogP contribution < -0.4 is 10.1 Å². The summed E-state index contributed by atoms with van der Waals surface area (Å²) in [6.45, 7) is 4.67. The average molecular weight is 448 g/mol. The van der Waals surface area contributed by atoms with Gasteiger partial charge in [0.05, 0.1) is 24.6 Å². The number of esters is 1. The van der Waals surface area contributed by atoms with Crippen LogP contribution in [0.4, 0.5) is 5.82 Å². The van der Waals surface area contributed by atoms with E-state index in [0.717, 1.165) is 28.6 Å². The molecule has 0 saturated carbocycles. The van der Waals surface area contributed by atoms with E-state index >= 15 is 0 Å². The van der Waals surface area contributed by atoms with Crippen molar-refractivity contribution in [2.24, 2.45) is 0 Å². The Labute approximate surface area is 185 Å². The lowest BCUT2D eigenvalue weighted by atomic mass is 10.0. The molecular weight excluding hydrogens is 422 g/mol. The van der Waals surface area contributed by atoms with Crippen LogP contribution in [0.5, 0.6) is 5.75 Å². The number of nitrogens with zero attached hydrogens (tertiary/aromatic N) is 2. The fourth-order valence-corrected chi connectivity index (χ4v) is 4.50. The number of halogens is 1. The predicted molar refractivity (Wildman–Crippen MR) is 122 cm³/mol. The van der Waals surface area contributed by atoms with Crippen LogP contribution in [0.1, 0.15) is 48.9 Å². The second-order valence-corrected chi connectivity index (χ2v) is 8.42. The lowest BCUT2D eigenvalue weighted by Gasteiger charge is -2.15. The SMILES string of the molecule is CCCC(C(=O)OC)c1nc(NCc2ccc(OC)c(Cl)c2)c2cc(CC)sc2n1. The van der Waals surface area contributed by atoms with Gasteiger partial charge in [0, 0.05) is 11.4 Å². The van der Waals surface area contributed by atoms with Gasteiger partial charge in [-0.2, -0.15) is 0 Å². The Morgan fingerprint density at radius 3 is 2.67 bits per heavy atom. The van der Waals surface area contributed by atoms with Crippen molar-refractivity contribution in [2.75, 3.05) is 19.5 Å². The molecule has 1 atom stereocenters. The fourth-order valence-electron chi connectivity index (χ4n) is 3.24. The molecule has 0 amide bonds. The molecule has 0 aliphatic rings. The zero-order valence-corrected chi connectivity index (χ0v) is 19.2. The summed E-state index contributed by atoms with van der Waals surface area (Å²) in [7, 11) is 2.99. The number of thiophene rings is 1. The number of fused-ring (bicyclic) bond motifs is 1. The number of anilines is 1. The third-order valence-electron chi connectivity index (χ3n) is 4.86. The van der Waals surface area contributed by atoms with Crippen LogP contribution in [0.2, 0.25) is 5.02 Å². The van der Waals surface area contributed by atoms with Crippen molar-refractivity contribution < 1.29 is 14.3 Å². The molecule has 2 aromatic heterocycles. The maximum Gasteiger partial charge on any atom is 0.316 e. The third-order valence-corrected chi connectivity index (χ3v) is 6.33. The molecule has 1 N–H and O–H groups in total. The van der Waals surface area contributed by atoms with Gasteiger partial charge >= 0.3 is 5.97 Å². The summed E-state index contributed by atoms with van der Waals surface area (Å²) in [5.74, 6) is 1.06. The first kappa shape index (κ1) is 22.3. The Bertz CT molecular complexity index is 1040. The van der Waals surface area contributed by atoms with E-state index < -0.39 is 5.92 Å². The standard InChI is InChI=1S/C22H26ClN3O3S/c1-5-7-15(22(27)29-4)20-25-19(16-11-14(6-2)30-21(16)26-20)24-12-13-8-9-18(28-3)17(23)10-13/h8-11,15H,5-7,12H2,1-4H3,(H,24,25,26). The van der Waals surface area contributed by atoms with Crippen molar-refractivity contribution in [3.63, 3.8) is 0 Å². The van der Waals surface area contributed by atoms with E-state index in [2.05, 4.69) is 18.3 Å². The zero-order chi connectivity index (χ0) is 21.7. The number of hydrogen-bond acceptors (Lipinski definition) is 7. The van der Waals surface area contributed by atoms with Crippen LogP contribution in [-0.2, 0) is 22.5 Å². The van der Waals surface area contributed by atoms with E-state index in [9.17, 15) is 4.79 Å². The highest BCUT2D eigenvalue weighted by atomic mass is 35.5. The first-order valence-electron chi connectivity index (χ1n) is 9.95. The Balaban J connectivity index is 1.97. The van der Waals surface area contributed by atoms with E-state index in [1.54, 1.807) is 18.4 Å². The summed E-state index contributed by atoms with van der Waals surface area (Å²) >= 11 is 7.88. The van der Waals surface area contributed by atoms with Crippen molar-refractivity contribution in [1.82, 2.24) is 9.97 Å². The Morgan fingerprint density at radius 2 is 2.03 bits per heavy atom. The zero-order valence-electron chi connectivity index (χ0n) is 17.6. The molecule has 3 rings (SSSR count). The highest BCUT2D eigenvalue weighted by Gasteiger charge is 2.25. The number of benzene rings is 1. The monoisotopic (exact) mass is 447 g/mol. The molecule has 1 unspecified atom stereocenters. The number of rotatable bonds is 9. The van der Waals surface area contributed by atoms with Crippen molar-refractivity contribution in [1.29, 1.82) is 0 Å². The number of aromatic nitrogens is 2. The van der Waals surface area contributed by atoms with Crippen molar-refractivity contribution >= 4 is 44.9 Å². The molecule has 6 nitrogen and oxygen atoms in total. The summed E-state index contributed by atoms with van der Waals surface area (Å²) in [4.78, 5) is 23.9. The maximum absolute atomic E-state index is 12.3. The molecule has 160 valence electrons.